The third kappa shape index (κ3) is 3.05. The molecule has 5 nitrogen and oxygen atoms in total. The van der Waals surface area contributed by atoms with Crippen LogP contribution in [-0.2, 0) is 18.3 Å². The van der Waals surface area contributed by atoms with Gasteiger partial charge in [0.15, 0.2) is 0 Å². The molecule has 6 heteroatoms. The largest absolute Gasteiger partial charge is 0.380 e. The van der Waals surface area contributed by atoms with Crippen LogP contribution in [0.5, 0.6) is 0 Å². The minimum Gasteiger partial charge on any atom is -0.380 e. The first-order valence-corrected chi connectivity index (χ1v) is 9.01. The second-order valence-electron chi connectivity index (χ2n) is 6.53. The SMILES string of the molecule is Cn1cnc2c1C(COCC1CC1)CN(C(=O)c1cccs1)C2. The molecule has 1 aliphatic heterocycles. The highest BCUT2D eigenvalue weighted by Crippen LogP contribution is 2.32. The quantitative estimate of drug-likeness (QED) is 0.846. The number of rotatable bonds is 5. The van der Waals surface area contributed by atoms with Crippen molar-refractivity contribution in [2.24, 2.45) is 13.0 Å². The number of amides is 1. The van der Waals surface area contributed by atoms with Crippen molar-refractivity contribution in [3.05, 3.63) is 40.1 Å². The number of thiophene rings is 1. The zero-order valence-electron chi connectivity index (χ0n) is 13.3. The Hall–Kier alpha value is -1.66. The maximum Gasteiger partial charge on any atom is 0.264 e. The maximum atomic E-state index is 12.7. The molecule has 23 heavy (non-hydrogen) atoms. The molecular weight excluding hydrogens is 310 g/mol. The molecule has 0 radical (unpaired) electrons. The van der Waals surface area contributed by atoms with Gasteiger partial charge in [-0.3, -0.25) is 4.79 Å². The first-order chi connectivity index (χ1) is 11.2. The number of carbonyl (C=O) groups is 1. The fraction of sp³-hybridized carbons (Fsp3) is 0.529. The van der Waals surface area contributed by atoms with Gasteiger partial charge >= 0.3 is 0 Å². The second kappa shape index (κ2) is 6.09. The summed E-state index contributed by atoms with van der Waals surface area (Å²) in [6.07, 6.45) is 4.44. The average molecular weight is 331 g/mol. The molecule has 1 atom stereocenters. The summed E-state index contributed by atoms with van der Waals surface area (Å²) in [5.41, 5.74) is 2.22. The van der Waals surface area contributed by atoms with Crippen LogP contribution in [0, 0.1) is 5.92 Å². The number of aryl methyl sites for hydroxylation is 1. The number of imidazole rings is 1. The van der Waals surface area contributed by atoms with E-state index in [4.69, 9.17) is 4.74 Å². The van der Waals surface area contributed by atoms with Gasteiger partial charge in [0.1, 0.15) is 0 Å². The molecule has 1 saturated carbocycles. The summed E-state index contributed by atoms with van der Waals surface area (Å²) in [5, 5.41) is 1.94. The highest BCUT2D eigenvalue weighted by Gasteiger charge is 2.32. The predicted octanol–water partition coefficient (Wildman–Crippen LogP) is 2.65. The summed E-state index contributed by atoms with van der Waals surface area (Å²) in [6.45, 7) is 2.81. The Kier molecular flexibility index (Phi) is 3.95. The van der Waals surface area contributed by atoms with E-state index < -0.39 is 0 Å². The molecule has 0 saturated heterocycles. The lowest BCUT2D eigenvalue weighted by Gasteiger charge is -2.32. The van der Waals surface area contributed by atoms with E-state index in [1.54, 1.807) is 0 Å². The lowest BCUT2D eigenvalue weighted by Crippen LogP contribution is -2.40. The van der Waals surface area contributed by atoms with Crippen molar-refractivity contribution in [2.75, 3.05) is 19.8 Å². The van der Waals surface area contributed by atoms with E-state index in [0.29, 0.717) is 19.7 Å². The fourth-order valence-corrected chi connectivity index (χ4v) is 3.93. The summed E-state index contributed by atoms with van der Waals surface area (Å²) in [7, 11) is 2.02. The smallest absolute Gasteiger partial charge is 0.264 e. The Labute approximate surface area is 139 Å². The highest BCUT2D eigenvalue weighted by molar-refractivity contribution is 7.12. The van der Waals surface area contributed by atoms with Crippen LogP contribution in [0.15, 0.2) is 23.8 Å². The third-order valence-corrected chi connectivity index (χ3v) is 5.48. The van der Waals surface area contributed by atoms with Crippen LogP contribution in [-0.4, -0.2) is 40.1 Å². The summed E-state index contributed by atoms with van der Waals surface area (Å²) >= 11 is 1.49. The molecule has 0 spiro atoms. The predicted molar refractivity (Wildman–Crippen MR) is 88.6 cm³/mol. The standard InChI is InChI=1S/C17H21N3O2S/c1-19-11-18-14-8-20(17(21)15-3-2-6-23-15)7-13(16(14)19)10-22-9-12-4-5-12/h2-3,6,11-13H,4-5,7-10H2,1H3. The van der Waals surface area contributed by atoms with E-state index in [9.17, 15) is 4.79 Å². The van der Waals surface area contributed by atoms with Gasteiger partial charge in [0.05, 0.1) is 30.1 Å². The van der Waals surface area contributed by atoms with E-state index in [1.165, 1.54) is 29.9 Å². The molecule has 2 aromatic rings. The molecule has 0 aromatic carbocycles. The zero-order chi connectivity index (χ0) is 15.8. The van der Waals surface area contributed by atoms with Crippen LogP contribution >= 0.6 is 11.3 Å². The molecular formula is C17H21N3O2S. The number of nitrogens with zero attached hydrogens (tertiary/aromatic N) is 3. The van der Waals surface area contributed by atoms with E-state index in [1.807, 2.05) is 35.8 Å². The van der Waals surface area contributed by atoms with Gasteiger partial charge in [0.2, 0.25) is 0 Å². The lowest BCUT2D eigenvalue weighted by atomic mass is 9.98. The molecule has 1 fully saturated rings. The van der Waals surface area contributed by atoms with Crippen molar-refractivity contribution < 1.29 is 9.53 Å². The zero-order valence-corrected chi connectivity index (χ0v) is 14.1. The Balaban J connectivity index is 1.51. The van der Waals surface area contributed by atoms with Gasteiger partial charge in [-0.25, -0.2) is 4.98 Å². The third-order valence-electron chi connectivity index (χ3n) is 4.62. The van der Waals surface area contributed by atoms with Crippen LogP contribution < -0.4 is 0 Å². The maximum absolute atomic E-state index is 12.7. The van der Waals surface area contributed by atoms with Gasteiger partial charge in [0, 0.05) is 31.8 Å². The Morgan fingerprint density at radius 2 is 2.30 bits per heavy atom. The van der Waals surface area contributed by atoms with Crippen LogP contribution in [0.25, 0.3) is 0 Å². The molecule has 1 unspecified atom stereocenters. The number of hydrogen-bond donors (Lipinski definition) is 0. The van der Waals surface area contributed by atoms with Gasteiger partial charge in [-0.2, -0.15) is 0 Å². The summed E-state index contributed by atoms with van der Waals surface area (Å²) in [6, 6.07) is 3.81. The van der Waals surface area contributed by atoms with E-state index in [2.05, 4.69) is 9.55 Å². The molecule has 3 heterocycles. The number of hydrogen-bond acceptors (Lipinski definition) is 4. The van der Waals surface area contributed by atoms with Crippen LogP contribution in [0.1, 0.15) is 39.8 Å². The molecule has 0 N–H and O–H groups in total. The molecule has 1 amide bonds. The second-order valence-corrected chi connectivity index (χ2v) is 7.48. The molecule has 4 rings (SSSR count). The molecule has 2 aromatic heterocycles. The van der Waals surface area contributed by atoms with Crippen LogP contribution in [0.4, 0.5) is 0 Å². The van der Waals surface area contributed by atoms with Crippen molar-refractivity contribution in [1.29, 1.82) is 0 Å². The molecule has 0 bridgehead atoms. The summed E-state index contributed by atoms with van der Waals surface area (Å²) in [5.74, 6) is 1.06. The Bertz CT molecular complexity index is 691. The van der Waals surface area contributed by atoms with E-state index in [-0.39, 0.29) is 11.8 Å². The topological polar surface area (TPSA) is 47.4 Å². The molecule has 122 valence electrons. The minimum atomic E-state index is 0.100. The normalized spacial score (nSPS) is 20.6. The van der Waals surface area contributed by atoms with Gasteiger partial charge < -0.3 is 14.2 Å². The van der Waals surface area contributed by atoms with Gasteiger partial charge in [-0.05, 0) is 30.2 Å². The first-order valence-electron chi connectivity index (χ1n) is 8.13. The van der Waals surface area contributed by atoms with Gasteiger partial charge in [-0.1, -0.05) is 6.07 Å². The number of carbonyl (C=O) groups excluding carboxylic acids is 1. The van der Waals surface area contributed by atoms with Crippen molar-refractivity contribution in [3.8, 4) is 0 Å². The van der Waals surface area contributed by atoms with Crippen LogP contribution in [0.2, 0.25) is 0 Å². The van der Waals surface area contributed by atoms with Gasteiger partial charge in [0.25, 0.3) is 5.91 Å². The van der Waals surface area contributed by atoms with Gasteiger partial charge in [-0.15, -0.1) is 11.3 Å². The van der Waals surface area contributed by atoms with E-state index >= 15 is 0 Å². The van der Waals surface area contributed by atoms with Crippen molar-refractivity contribution in [2.45, 2.75) is 25.3 Å². The minimum absolute atomic E-state index is 0.100. The molecule has 1 aliphatic carbocycles. The number of fused-ring (bicyclic) bond motifs is 1. The van der Waals surface area contributed by atoms with Crippen molar-refractivity contribution in [3.63, 3.8) is 0 Å². The summed E-state index contributed by atoms with van der Waals surface area (Å²) in [4.78, 5) is 19.9. The molecule has 2 aliphatic rings. The summed E-state index contributed by atoms with van der Waals surface area (Å²) < 4.78 is 8.00. The van der Waals surface area contributed by atoms with Crippen molar-refractivity contribution in [1.82, 2.24) is 14.5 Å². The van der Waals surface area contributed by atoms with Crippen LogP contribution in [0.3, 0.4) is 0 Å². The van der Waals surface area contributed by atoms with E-state index in [0.717, 1.165) is 23.1 Å². The van der Waals surface area contributed by atoms with Crippen molar-refractivity contribution >= 4 is 17.2 Å². The fourth-order valence-electron chi connectivity index (χ4n) is 3.24. The monoisotopic (exact) mass is 331 g/mol. The Morgan fingerprint density at radius 1 is 1.43 bits per heavy atom. The number of ether oxygens (including phenoxy) is 1. The lowest BCUT2D eigenvalue weighted by molar-refractivity contribution is 0.0622. The first kappa shape index (κ1) is 14.9. The highest BCUT2D eigenvalue weighted by atomic mass is 32.1. The number of aromatic nitrogens is 2. The average Bonchev–Trinajstić information content (AvgIpc) is 3.07. The Morgan fingerprint density at radius 3 is 3.04 bits per heavy atom.